The summed E-state index contributed by atoms with van der Waals surface area (Å²) in [5.74, 6) is 1.79. The number of carbonyl (C=O) groups is 1. The van der Waals surface area contributed by atoms with E-state index in [9.17, 15) is 15.0 Å². The van der Waals surface area contributed by atoms with Crippen LogP contribution in [0.25, 0.3) is 0 Å². The van der Waals surface area contributed by atoms with Crippen LogP contribution in [0.5, 0.6) is 0 Å². The Kier molecular flexibility index (Phi) is 9.57. The lowest BCUT2D eigenvalue weighted by molar-refractivity contribution is -0.903. The Hall–Kier alpha value is -1.65. The molecule has 5 aliphatic carbocycles. The Balaban J connectivity index is 0.000000270. The molecule has 0 heterocycles. The second-order valence-electron chi connectivity index (χ2n) is 18.8. The maximum absolute atomic E-state index is 12.8. The normalized spacial score (nSPS) is 42.7. The van der Waals surface area contributed by atoms with Gasteiger partial charge in [-0.05, 0) is 129 Å². The lowest BCUT2D eigenvalue weighted by atomic mass is 9.32. The average molecular weight is 635 g/mol. The zero-order valence-corrected chi connectivity index (χ0v) is 31.0. The molecule has 258 valence electrons. The maximum atomic E-state index is 12.8. The fraction of sp³-hybridized carbons (Fsp3) is 0.786. The zero-order chi connectivity index (χ0) is 33.9. The van der Waals surface area contributed by atoms with Crippen LogP contribution in [0.1, 0.15) is 125 Å². The second-order valence-corrected chi connectivity index (χ2v) is 18.8. The van der Waals surface area contributed by atoms with Crippen LogP contribution in [0.4, 0.5) is 0 Å². The van der Waals surface area contributed by atoms with Crippen molar-refractivity contribution in [1.29, 1.82) is 0 Å². The first kappa shape index (κ1) is 35.7. The number of nitrogens with zero attached hydrogens (tertiary/aromatic N) is 1. The fourth-order valence-corrected chi connectivity index (χ4v) is 13.3. The number of aliphatic hydroxyl groups is 1. The molecule has 0 saturated heterocycles. The van der Waals surface area contributed by atoms with Crippen molar-refractivity contribution in [1.82, 2.24) is 0 Å². The van der Waals surface area contributed by atoms with Crippen molar-refractivity contribution in [2.45, 2.75) is 132 Å². The predicted octanol–water partition coefficient (Wildman–Crippen LogP) is 9.76. The highest BCUT2D eigenvalue weighted by Gasteiger charge is 2.72. The molecule has 46 heavy (non-hydrogen) atoms. The fourth-order valence-electron chi connectivity index (χ4n) is 13.3. The van der Waals surface area contributed by atoms with Gasteiger partial charge in [-0.3, -0.25) is 4.79 Å². The molecule has 0 aromatic heterocycles. The number of hydrogen-bond acceptors (Lipinski definition) is 2. The molecule has 0 radical (unpaired) electrons. The van der Waals surface area contributed by atoms with Gasteiger partial charge in [0.05, 0.1) is 32.2 Å². The highest BCUT2D eigenvalue weighted by atomic mass is 16.4. The number of carboxylic acids is 1. The molecular formula is C42H68NO3+. The molecule has 5 fully saturated rings. The van der Waals surface area contributed by atoms with E-state index in [4.69, 9.17) is 0 Å². The predicted molar refractivity (Wildman–Crippen MR) is 190 cm³/mol. The first-order valence-corrected chi connectivity index (χ1v) is 18.8. The third kappa shape index (κ3) is 5.54. The van der Waals surface area contributed by atoms with Crippen LogP contribution < -0.4 is 0 Å². The summed E-state index contributed by atoms with van der Waals surface area (Å²) in [6, 6.07) is 10.7. The van der Waals surface area contributed by atoms with Crippen molar-refractivity contribution in [3.8, 4) is 0 Å². The number of aliphatic hydroxyl groups excluding tert-OH is 1. The summed E-state index contributed by atoms with van der Waals surface area (Å²) >= 11 is 0. The molecule has 0 bridgehead atoms. The number of fused-ring (bicyclic) bond motifs is 7. The van der Waals surface area contributed by atoms with Crippen molar-refractivity contribution < 1.29 is 19.5 Å². The molecule has 1 aromatic carbocycles. The first-order chi connectivity index (χ1) is 21.4. The summed E-state index contributed by atoms with van der Waals surface area (Å²) in [5.41, 5.74) is 2.79. The van der Waals surface area contributed by atoms with E-state index in [1.165, 1.54) is 49.8 Å². The molecule has 1 aromatic rings. The lowest BCUT2D eigenvalue weighted by Crippen LogP contribution is -2.67. The van der Waals surface area contributed by atoms with E-state index in [2.05, 4.69) is 99.5 Å². The van der Waals surface area contributed by atoms with Crippen molar-refractivity contribution in [3.05, 3.63) is 48.0 Å². The summed E-state index contributed by atoms with van der Waals surface area (Å²) in [7, 11) is 4.58. The Morgan fingerprint density at radius 3 is 2.15 bits per heavy atom. The summed E-state index contributed by atoms with van der Waals surface area (Å²) in [6.07, 6.45) is 11.7. The second kappa shape index (κ2) is 12.3. The van der Waals surface area contributed by atoms with E-state index in [1.54, 1.807) is 0 Å². The number of rotatable bonds is 6. The highest BCUT2D eigenvalue weighted by molar-refractivity contribution is 5.76. The molecule has 5 saturated carbocycles. The Morgan fingerprint density at radius 1 is 0.870 bits per heavy atom. The molecule has 0 spiro atoms. The van der Waals surface area contributed by atoms with E-state index in [0.29, 0.717) is 23.7 Å². The van der Waals surface area contributed by atoms with Crippen LogP contribution in [0, 0.1) is 56.7 Å². The van der Waals surface area contributed by atoms with Gasteiger partial charge in [0.25, 0.3) is 0 Å². The molecule has 6 rings (SSSR count). The van der Waals surface area contributed by atoms with E-state index in [1.807, 2.05) is 0 Å². The van der Waals surface area contributed by atoms with Gasteiger partial charge in [-0.1, -0.05) is 84.0 Å². The third-order valence-electron chi connectivity index (χ3n) is 15.8. The van der Waals surface area contributed by atoms with E-state index in [-0.39, 0.29) is 33.7 Å². The third-order valence-corrected chi connectivity index (χ3v) is 15.8. The largest absolute Gasteiger partial charge is 0.481 e. The molecule has 0 amide bonds. The Labute approximate surface area is 282 Å². The van der Waals surface area contributed by atoms with Gasteiger partial charge in [0, 0.05) is 5.56 Å². The smallest absolute Gasteiger partial charge is 0.309 e. The Morgan fingerprint density at radius 2 is 1.54 bits per heavy atom. The molecule has 4 nitrogen and oxygen atoms in total. The maximum Gasteiger partial charge on any atom is 0.309 e. The van der Waals surface area contributed by atoms with E-state index >= 15 is 0 Å². The van der Waals surface area contributed by atoms with E-state index in [0.717, 1.165) is 49.6 Å². The number of quaternary nitrogens is 1. The summed E-state index contributed by atoms with van der Waals surface area (Å²) in [6.45, 7) is 23.5. The van der Waals surface area contributed by atoms with Crippen molar-refractivity contribution >= 4 is 5.97 Å². The number of allylic oxidation sites excluding steroid dienone is 1. The molecule has 0 aliphatic heterocycles. The van der Waals surface area contributed by atoms with Crippen LogP contribution in [0.3, 0.4) is 0 Å². The van der Waals surface area contributed by atoms with Gasteiger partial charge in [-0.25, -0.2) is 0 Å². The molecule has 10 atom stereocenters. The summed E-state index contributed by atoms with van der Waals surface area (Å²) < 4.78 is 1.08. The quantitative estimate of drug-likeness (QED) is 0.242. The van der Waals surface area contributed by atoms with Crippen LogP contribution in [-0.4, -0.2) is 47.4 Å². The molecule has 4 unspecified atom stereocenters. The zero-order valence-electron chi connectivity index (χ0n) is 31.0. The van der Waals surface area contributed by atoms with Gasteiger partial charge in [0.2, 0.25) is 0 Å². The van der Waals surface area contributed by atoms with Gasteiger partial charge in [0.1, 0.15) is 6.54 Å². The monoisotopic (exact) mass is 635 g/mol. The van der Waals surface area contributed by atoms with Crippen LogP contribution >= 0.6 is 0 Å². The number of benzene rings is 1. The van der Waals surface area contributed by atoms with Crippen LogP contribution in [0.15, 0.2) is 42.5 Å². The van der Waals surface area contributed by atoms with Crippen LogP contribution in [-0.2, 0) is 11.3 Å². The standard InChI is InChI=1S/C30H48O3.C12H20N/c1-18(2)19-10-15-30(25(32)33)17-16-28(6)20(24(19)30)8-9-22-27(5)13-12-23(31)26(3,4)21(27)11-14-29(22,28)7;1-4-10-13(2,3)11-12-8-6-5-7-9-12/h19-24,31H,1,8-17H2,2-7H3,(H,32,33);5-9H,4,10-11H2,1-3H3/q;+1/t19-,20?,21?,22?,23-,24?,27-,28+,29+,30-;/m0./s1. The summed E-state index contributed by atoms with van der Waals surface area (Å²) in [5, 5.41) is 21.4. The SMILES string of the molecule is C=C(C)[C@@H]1CC[C@]2(C(=O)O)CC[C@]3(C)C(CCC4[C@@]5(C)CC[C@H](O)C(C)(C)C5CC[C@]43C)C12.CCC[N+](C)(C)Cc1ccccc1. The van der Waals surface area contributed by atoms with Gasteiger partial charge in [-0.15, -0.1) is 0 Å². The van der Waals surface area contributed by atoms with Crippen molar-refractivity contribution in [2.75, 3.05) is 20.6 Å². The number of carboxylic acid groups (broad SMARTS) is 1. The van der Waals surface area contributed by atoms with Gasteiger partial charge < -0.3 is 14.7 Å². The van der Waals surface area contributed by atoms with Crippen molar-refractivity contribution in [2.24, 2.45) is 56.7 Å². The molecule has 2 N–H and O–H groups in total. The highest BCUT2D eigenvalue weighted by Crippen LogP contribution is 2.77. The minimum Gasteiger partial charge on any atom is -0.481 e. The number of aliphatic carboxylic acids is 1. The summed E-state index contributed by atoms with van der Waals surface area (Å²) in [4.78, 5) is 12.8. The van der Waals surface area contributed by atoms with Gasteiger partial charge in [-0.2, -0.15) is 0 Å². The first-order valence-electron chi connectivity index (χ1n) is 18.8. The topological polar surface area (TPSA) is 57.5 Å². The molecule has 4 heteroatoms. The van der Waals surface area contributed by atoms with Crippen molar-refractivity contribution in [3.63, 3.8) is 0 Å². The van der Waals surface area contributed by atoms with Gasteiger partial charge in [0.15, 0.2) is 0 Å². The molecule has 5 aliphatic rings. The number of hydrogen-bond donors (Lipinski definition) is 2. The Bertz CT molecular complexity index is 1270. The minimum atomic E-state index is -0.538. The lowest BCUT2D eigenvalue weighted by Gasteiger charge is -2.72. The van der Waals surface area contributed by atoms with Gasteiger partial charge >= 0.3 is 5.97 Å². The van der Waals surface area contributed by atoms with E-state index < -0.39 is 11.4 Å². The molecular weight excluding hydrogens is 566 g/mol. The van der Waals surface area contributed by atoms with Crippen LogP contribution in [0.2, 0.25) is 0 Å². The average Bonchev–Trinajstić information content (AvgIpc) is 3.38. The minimum absolute atomic E-state index is 0.0202.